The lowest BCUT2D eigenvalue weighted by atomic mass is 9.78. The molecule has 0 amide bonds. The van der Waals surface area contributed by atoms with Crippen LogP contribution in [0.15, 0.2) is 78.9 Å². The van der Waals surface area contributed by atoms with Gasteiger partial charge in [-0.3, -0.25) is 0 Å². The van der Waals surface area contributed by atoms with Crippen LogP contribution in [0.25, 0.3) is 44.2 Å². The third kappa shape index (κ3) is 2.73. The Morgan fingerprint density at radius 2 is 1.16 bits per heavy atom. The van der Waals surface area contributed by atoms with E-state index >= 15 is 0 Å². The molecule has 0 saturated carbocycles. The second kappa shape index (κ2) is 6.32. The van der Waals surface area contributed by atoms with E-state index in [1.807, 2.05) is 0 Å². The Balaban J connectivity index is 1.36. The molecule has 152 valence electrons. The fraction of sp³-hybridized carbons (Fsp3) is 0.214. The van der Waals surface area contributed by atoms with Gasteiger partial charge in [0.2, 0.25) is 0 Å². The summed E-state index contributed by atoms with van der Waals surface area (Å²) in [4.78, 5) is 0. The van der Waals surface area contributed by atoms with Crippen LogP contribution in [0, 0.1) is 0 Å². The number of rotatable bonds is 2. The number of benzene rings is 4. The van der Waals surface area contributed by atoms with Crippen molar-refractivity contribution in [3.8, 4) is 33.4 Å². The van der Waals surface area contributed by atoms with Crippen LogP contribution in [-0.2, 0) is 9.31 Å². The summed E-state index contributed by atoms with van der Waals surface area (Å²) in [6.45, 7) is 8.35. The summed E-state index contributed by atoms with van der Waals surface area (Å²) in [5.41, 5.74) is 8.14. The van der Waals surface area contributed by atoms with Gasteiger partial charge < -0.3 is 9.31 Å². The van der Waals surface area contributed by atoms with Gasteiger partial charge in [0.15, 0.2) is 0 Å². The van der Waals surface area contributed by atoms with Crippen molar-refractivity contribution in [3.05, 3.63) is 78.9 Å². The summed E-state index contributed by atoms with van der Waals surface area (Å²) in [6, 6.07) is 28.6. The van der Waals surface area contributed by atoms with Crippen LogP contribution in [0.4, 0.5) is 0 Å². The van der Waals surface area contributed by atoms with Crippen molar-refractivity contribution >= 4 is 23.4 Å². The van der Waals surface area contributed by atoms with Crippen molar-refractivity contribution in [3.63, 3.8) is 0 Å². The quantitative estimate of drug-likeness (QED) is 0.315. The molecule has 0 bridgehead atoms. The lowest BCUT2D eigenvalue weighted by molar-refractivity contribution is 0.00578. The Bertz CT molecular complexity index is 1310. The summed E-state index contributed by atoms with van der Waals surface area (Å²) in [5, 5.41) is 2.67. The Kier molecular flexibility index (Phi) is 3.84. The molecule has 1 heterocycles. The molecule has 1 saturated heterocycles. The molecule has 2 nitrogen and oxygen atoms in total. The maximum atomic E-state index is 6.20. The molecule has 1 aliphatic heterocycles. The fourth-order valence-electron chi connectivity index (χ4n) is 4.78. The van der Waals surface area contributed by atoms with Gasteiger partial charge in [0, 0.05) is 0 Å². The lowest BCUT2D eigenvalue weighted by Gasteiger charge is -2.32. The van der Waals surface area contributed by atoms with Gasteiger partial charge in [0.05, 0.1) is 11.2 Å². The molecule has 6 rings (SSSR count). The van der Waals surface area contributed by atoms with Gasteiger partial charge in [0.25, 0.3) is 0 Å². The van der Waals surface area contributed by atoms with Crippen LogP contribution in [-0.4, -0.2) is 18.3 Å². The average Bonchev–Trinajstić information content (AvgIpc) is 3.20. The van der Waals surface area contributed by atoms with Crippen molar-refractivity contribution in [1.29, 1.82) is 0 Å². The normalized spacial score (nSPS) is 17.9. The first-order valence-corrected chi connectivity index (χ1v) is 11.0. The Labute approximate surface area is 184 Å². The molecule has 1 aliphatic carbocycles. The summed E-state index contributed by atoms with van der Waals surface area (Å²) in [6.07, 6.45) is 0. The number of hydrogen-bond acceptors (Lipinski definition) is 2. The molecule has 3 heteroatoms. The first-order chi connectivity index (χ1) is 14.8. The highest BCUT2D eigenvalue weighted by atomic mass is 16.7. The first kappa shape index (κ1) is 18.9. The minimum Gasteiger partial charge on any atom is -0.399 e. The van der Waals surface area contributed by atoms with Crippen LogP contribution < -0.4 is 5.46 Å². The van der Waals surface area contributed by atoms with Gasteiger partial charge in [-0.1, -0.05) is 72.8 Å². The van der Waals surface area contributed by atoms with Crippen molar-refractivity contribution < 1.29 is 9.31 Å². The summed E-state index contributed by atoms with van der Waals surface area (Å²) in [7, 11) is -0.328. The lowest BCUT2D eigenvalue weighted by Crippen LogP contribution is -2.41. The van der Waals surface area contributed by atoms with E-state index in [0.717, 1.165) is 5.46 Å². The zero-order valence-electron chi connectivity index (χ0n) is 18.4. The second-order valence-electron chi connectivity index (χ2n) is 9.68. The smallest absolute Gasteiger partial charge is 0.399 e. The first-order valence-electron chi connectivity index (χ1n) is 11.0. The third-order valence-corrected chi connectivity index (χ3v) is 7.27. The highest BCUT2D eigenvalue weighted by molar-refractivity contribution is 6.62. The molecule has 4 aromatic rings. The highest BCUT2D eigenvalue weighted by Crippen LogP contribution is 2.48. The minimum atomic E-state index is -0.328. The van der Waals surface area contributed by atoms with Crippen molar-refractivity contribution in [2.24, 2.45) is 0 Å². The van der Waals surface area contributed by atoms with Crippen molar-refractivity contribution in [2.45, 2.75) is 38.9 Å². The van der Waals surface area contributed by atoms with Gasteiger partial charge in [-0.15, -0.1) is 0 Å². The van der Waals surface area contributed by atoms with E-state index in [2.05, 4.69) is 107 Å². The van der Waals surface area contributed by atoms with Crippen LogP contribution in [0.2, 0.25) is 0 Å². The largest absolute Gasteiger partial charge is 0.494 e. The topological polar surface area (TPSA) is 18.5 Å². The maximum absolute atomic E-state index is 6.20. The van der Waals surface area contributed by atoms with E-state index in [1.165, 1.54) is 44.2 Å². The number of fused-ring (bicyclic) bond motifs is 3. The molecule has 0 spiro atoms. The third-order valence-electron chi connectivity index (χ3n) is 7.27. The Morgan fingerprint density at radius 3 is 1.81 bits per heavy atom. The minimum absolute atomic E-state index is 0.327. The van der Waals surface area contributed by atoms with E-state index in [0.29, 0.717) is 0 Å². The maximum Gasteiger partial charge on any atom is 0.494 e. The molecular weight excluding hydrogens is 379 g/mol. The van der Waals surface area contributed by atoms with Gasteiger partial charge in [-0.2, -0.15) is 0 Å². The fourth-order valence-corrected chi connectivity index (χ4v) is 4.78. The Morgan fingerprint density at radius 1 is 0.581 bits per heavy atom. The predicted molar refractivity (Wildman–Crippen MR) is 130 cm³/mol. The van der Waals surface area contributed by atoms with E-state index in [-0.39, 0.29) is 18.3 Å². The van der Waals surface area contributed by atoms with Crippen molar-refractivity contribution in [2.75, 3.05) is 0 Å². The summed E-state index contributed by atoms with van der Waals surface area (Å²) < 4.78 is 12.4. The SMILES string of the molecule is CC1(C)OB(c2ccc(-c3ccc4c(c3)-c3cccc5cccc-4c35)cc2)OC1(C)C. The highest BCUT2D eigenvalue weighted by Gasteiger charge is 2.51. The second-order valence-corrected chi connectivity index (χ2v) is 9.68. The molecular formula is C28H25BO2. The molecule has 4 aromatic carbocycles. The molecule has 0 N–H and O–H groups in total. The van der Waals surface area contributed by atoms with Crippen LogP contribution >= 0.6 is 0 Å². The van der Waals surface area contributed by atoms with Crippen LogP contribution in [0.3, 0.4) is 0 Å². The van der Waals surface area contributed by atoms with Crippen LogP contribution in [0.1, 0.15) is 27.7 Å². The standard InChI is InChI=1S/C28H25BO2/c1-27(2)28(3,4)31-29(30-27)21-14-11-18(12-15-21)20-13-16-22-23-9-5-7-19-8-6-10-24(26(19)23)25(22)17-20/h5-17H,1-4H3. The van der Waals surface area contributed by atoms with Gasteiger partial charge in [0.1, 0.15) is 0 Å². The molecule has 31 heavy (non-hydrogen) atoms. The molecule has 0 aromatic heterocycles. The molecule has 0 atom stereocenters. The van der Waals surface area contributed by atoms with E-state index in [9.17, 15) is 0 Å². The van der Waals surface area contributed by atoms with E-state index < -0.39 is 0 Å². The van der Waals surface area contributed by atoms with Crippen molar-refractivity contribution in [1.82, 2.24) is 0 Å². The predicted octanol–water partition coefficient (Wildman–Crippen LogP) is 6.45. The zero-order chi connectivity index (χ0) is 21.4. The summed E-state index contributed by atoms with van der Waals surface area (Å²) >= 11 is 0. The van der Waals surface area contributed by atoms with Crippen LogP contribution in [0.5, 0.6) is 0 Å². The molecule has 2 aliphatic rings. The average molecular weight is 404 g/mol. The van der Waals surface area contributed by atoms with Gasteiger partial charge >= 0.3 is 7.12 Å². The van der Waals surface area contributed by atoms with Gasteiger partial charge in [-0.05, 0) is 83.4 Å². The molecule has 1 fully saturated rings. The molecule has 0 unspecified atom stereocenters. The van der Waals surface area contributed by atoms with E-state index in [1.54, 1.807) is 0 Å². The molecule has 0 radical (unpaired) electrons. The van der Waals surface area contributed by atoms with E-state index in [4.69, 9.17) is 9.31 Å². The van der Waals surface area contributed by atoms with Gasteiger partial charge in [-0.25, -0.2) is 0 Å². The zero-order valence-corrected chi connectivity index (χ0v) is 18.4. The number of hydrogen-bond donors (Lipinski definition) is 0. The monoisotopic (exact) mass is 404 g/mol. The Hall–Kier alpha value is -2.88. The summed E-state index contributed by atoms with van der Waals surface area (Å²) in [5.74, 6) is 0.